The largest absolute Gasteiger partial charge is 0.461 e. The molecule has 0 spiro atoms. The van der Waals surface area contributed by atoms with E-state index < -0.39 is 0 Å². The molecule has 1 aliphatic rings. The molecule has 0 amide bonds. The standard InChI is InChI=1S/C23H31NO3/c1-5-7-11-15-24-20(19-13-9-8-10-14-19)16-21(26)17(3)23(24)22(12-6-2)27-18(4)25/h5-6,8-10,13-14,17,20,22-23H,1-2,7,11-12,15-16H2,3-4H3/t17-,20+,22-,23-/m1/s1. The molecule has 4 atom stereocenters. The fraction of sp³-hybridized carbons (Fsp3) is 0.478. The molecule has 0 radical (unpaired) electrons. The predicted molar refractivity (Wildman–Crippen MR) is 108 cm³/mol. The first-order chi connectivity index (χ1) is 13.0. The number of hydrogen-bond donors (Lipinski definition) is 0. The number of unbranched alkanes of at least 4 members (excludes halogenated alkanes) is 1. The minimum absolute atomic E-state index is 0.00686. The van der Waals surface area contributed by atoms with E-state index in [0.717, 1.165) is 24.9 Å². The average Bonchev–Trinajstić information content (AvgIpc) is 2.65. The molecule has 1 aromatic carbocycles. The lowest BCUT2D eigenvalue weighted by Gasteiger charge is -2.47. The second kappa shape index (κ2) is 10.2. The Hall–Kier alpha value is -2.20. The molecule has 4 nitrogen and oxygen atoms in total. The number of carbonyl (C=O) groups is 2. The molecule has 27 heavy (non-hydrogen) atoms. The number of ketones is 1. The fourth-order valence-corrected chi connectivity index (χ4v) is 4.06. The van der Waals surface area contributed by atoms with Crippen LogP contribution in [0.15, 0.2) is 55.6 Å². The normalized spacial score (nSPS) is 24.2. The van der Waals surface area contributed by atoms with Crippen LogP contribution < -0.4 is 0 Å². The Morgan fingerprint density at radius 1 is 1.30 bits per heavy atom. The third kappa shape index (κ3) is 5.39. The molecule has 4 heteroatoms. The Balaban J connectivity index is 2.42. The van der Waals surface area contributed by atoms with E-state index in [2.05, 4.69) is 30.2 Å². The summed E-state index contributed by atoms with van der Waals surface area (Å²) in [5, 5.41) is 0. The van der Waals surface area contributed by atoms with Gasteiger partial charge in [0.2, 0.25) is 0 Å². The fourth-order valence-electron chi connectivity index (χ4n) is 4.06. The lowest BCUT2D eigenvalue weighted by atomic mass is 9.79. The number of allylic oxidation sites excluding steroid dienone is 1. The van der Waals surface area contributed by atoms with Gasteiger partial charge in [0, 0.05) is 31.7 Å². The SMILES string of the molecule is C=CCCCN1[C@@H]([C@@H](CC=C)OC(C)=O)[C@H](C)C(=O)C[C@H]1c1ccccc1. The first-order valence-corrected chi connectivity index (χ1v) is 9.72. The Morgan fingerprint density at radius 2 is 2.00 bits per heavy atom. The molecule has 2 rings (SSSR count). The molecule has 1 heterocycles. The molecule has 1 fully saturated rings. The zero-order valence-corrected chi connectivity index (χ0v) is 16.5. The number of piperidine rings is 1. The van der Waals surface area contributed by atoms with Crippen molar-refractivity contribution < 1.29 is 14.3 Å². The van der Waals surface area contributed by atoms with Crippen LogP contribution in [0.3, 0.4) is 0 Å². The first kappa shape index (κ1) is 21.1. The van der Waals surface area contributed by atoms with Gasteiger partial charge in [0.05, 0.1) is 6.04 Å². The van der Waals surface area contributed by atoms with Crippen molar-refractivity contribution in [1.29, 1.82) is 0 Å². The van der Waals surface area contributed by atoms with Gasteiger partial charge in [-0.15, -0.1) is 13.2 Å². The molecule has 1 aromatic rings. The molecule has 146 valence electrons. The van der Waals surface area contributed by atoms with Crippen molar-refractivity contribution in [2.45, 2.75) is 57.7 Å². The van der Waals surface area contributed by atoms with Gasteiger partial charge in [0.15, 0.2) is 0 Å². The van der Waals surface area contributed by atoms with E-state index in [1.54, 1.807) is 6.08 Å². The third-order valence-corrected chi connectivity index (χ3v) is 5.30. The predicted octanol–water partition coefficient (Wildman–Crippen LogP) is 4.48. The minimum Gasteiger partial charge on any atom is -0.461 e. The summed E-state index contributed by atoms with van der Waals surface area (Å²) in [6, 6.07) is 9.95. The molecule has 0 bridgehead atoms. The highest BCUT2D eigenvalue weighted by atomic mass is 16.5. The smallest absolute Gasteiger partial charge is 0.302 e. The van der Waals surface area contributed by atoms with Crippen LogP contribution in [-0.4, -0.2) is 35.3 Å². The van der Waals surface area contributed by atoms with Gasteiger partial charge >= 0.3 is 5.97 Å². The van der Waals surface area contributed by atoms with Gasteiger partial charge in [-0.1, -0.05) is 49.4 Å². The maximum absolute atomic E-state index is 12.8. The van der Waals surface area contributed by atoms with Gasteiger partial charge in [0.25, 0.3) is 0 Å². The number of Topliss-reactive ketones (excluding diaryl/α,β-unsaturated/α-hetero) is 1. The quantitative estimate of drug-likeness (QED) is 0.366. The van der Waals surface area contributed by atoms with Gasteiger partial charge in [-0.2, -0.15) is 0 Å². The number of ether oxygens (including phenoxy) is 1. The number of esters is 1. The summed E-state index contributed by atoms with van der Waals surface area (Å²) in [6.07, 6.45) is 6.17. The van der Waals surface area contributed by atoms with Crippen molar-refractivity contribution >= 4 is 11.8 Å². The number of rotatable bonds is 9. The summed E-state index contributed by atoms with van der Waals surface area (Å²) >= 11 is 0. The van der Waals surface area contributed by atoms with Gasteiger partial charge in [0.1, 0.15) is 11.9 Å². The zero-order valence-electron chi connectivity index (χ0n) is 16.5. The second-order valence-corrected chi connectivity index (χ2v) is 7.22. The van der Waals surface area contributed by atoms with Crippen LogP contribution in [-0.2, 0) is 14.3 Å². The molecule has 0 N–H and O–H groups in total. The van der Waals surface area contributed by atoms with E-state index >= 15 is 0 Å². The van der Waals surface area contributed by atoms with Gasteiger partial charge in [-0.3, -0.25) is 14.5 Å². The number of nitrogens with zero attached hydrogens (tertiary/aromatic N) is 1. The number of benzene rings is 1. The van der Waals surface area contributed by atoms with Crippen LogP contribution in [0.1, 0.15) is 51.1 Å². The molecule has 0 unspecified atom stereocenters. The minimum atomic E-state index is -0.380. The Bertz CT molecular complexity index is 655. The lowest BCUT2D eigenvalue weighted by molar-refractivity contribution is -0.157. The summed E-state index contributed by atoms with van der Waals surface area (Å²) in [4.78, 5) is 26.9. The molecule has 0 aromatic heterocycles. The number of carbonyl (C=O) groups excluding carboxylic acids is 2. The van der Waals surface area contributed by atoms with E-state index in [0.29, 0.717) is 12.8 Å². The maximum Gasteiger partial charge on any atom is 0.302 e. The lowest BCUT2D eigenvalue weighted by Crippen LogP contribution is -2.56. The molecular weight excluding hydrogens is 338 g/mol. The van der Waals surface area contributed by atoms with Crippen molar-refractivity contribution in [2.75, 3.05) is 6.54 Å². The van der Waals surface area contributed by atoms with E-state index in [4.69, 9.17) is 4.74 Å². The van der Waals surface area contributed by atoms with E-state index in [9.17, 15) is 9.59 Å². The van der Waals surface area contributed by atoms with Gasteiger partial charge in [-0.25, -0.2) is 0 Å². The summed E-state index contributed by atoms with van der Waals surface area (Å²) in [6.45, 7) is 11.8. The van der Waals surface area contributed by atoms with Crippen molar-refractivity contribution in [2.24, 2.45) is 5.92 Å². The average molecular weight is 370 g/mol. The van der Waals surface area contributed by atoms with Crippen LogP contribution in [0.4, 0.5) is 0 Å². The van der Waals surface area contributed by atoms with Crippen LogP contribution in [0.5, 0.6) is 0 Å². The maximum atomic E-state index is 12.8. The summed E-state index contributed by atoms with van der Waals surface area (Å²) < 4.78 is 5.65. The topological polar surface area (TPSA) is 46.6 Å². The zero-order chi connectivity index (χ0) is 19.8. The summed E-state index contributed by atoms with van der Waals surface area (Å²) in [5.41, 5.74) is 1.13. The Morgan fingerprint density at radius 3 is 2.59 bits per heavy atom. The number of hydrogen-bond acceptors (Lipinski definition) is 4. The highest BCUT2D eigenvalue weighted by molar-refractivity contribution is 5.83. The molecule has 1 aliphatic heterocycles. The van der Waals surface area contributed by atoms with Crippen molar-refractivity contribution in [1.82, 2.24) is 4.90 Å². The van der Waals surface area contributed by atoms with Crippen LogP contribution in [0.2, 0.25) is 0 Å². The Kier molecular flexibility index (Phi) is 7.99. The highest BCUT2D eigenvalue weighted by Gasteiger charge is 2.44. The van der Waals surface area contributed by atoms with Crippen molar-refractivity contribution in [3.8, 4) is 0 Å². The summed E-state index contributed by atoms with van der Waals surface area (Å²) in [5.74, 6) is -0.303. The van der Waals surface area contributed by atoms with Crippen LogP contribution >= 0.6 is 0 Å². The van der Waals surface area contributed by atoms with E-state index in [-0.39, 0.29) is 35.9 Å². The molecule has 0 saturated carbocycles. The monoisotopic (exact) mass is 369 g/mol. The summed E-state index contributed by atoms with van der Waals surface area (Å²) in [7, 11) is 0. The molecule has 0 aliphatic carbocycles. The van der Waals surface area contributed by atoms with Crippen molar-refractivity contribution in [3.05, 3.63) is 61.2 Å². The van der Waals surface area contributed by atoms with E-state index in [1.165, 1.54) is 6.92 Å². The van der Waals surface area contributed by atoms with Crippen LogP contribution in [0, 0.1) is 5.92 Å². The first-order valence-electron chi connectivity index (χ1n) is 9.72. The molecular formula is C23H31NO3. The Labute approximate surface area is 162 Å². The highest BCUT2D eigenvalue weighted by Crippen LogP contribution is 2.38. The van der Waals surface area contributed by atoms with Crippen molar-refractivity contribution in [3.63, 3.8) is 0 Å². The van der Waals surface area contributed by atoms with Gasteiger partial charge < -0.3 is 4.74 Å². The van der Waals surface area contributed by atoms with Gasteiger partial charge in [-0.05, 0) is 24.9 Å². The third-order valence-electron chi connectivity index (χ3n) is 5.30. The molecule has 1 saturated heterocycles. The number of likely N-dealkylation sites (tertiary alicyclic amines) is 1. The second-order valence-electron chi connectivity index (χ2n) is 7.22. The van der Waals surface area contributed by atoms with E-state index in [1.807, 2.05) is 31.2 Å². The van der Waals surface area contributed by atoms with Crippen LogP contribution in [0.25, 0.3) is 0 Å².